The SMILES string of the molecule is COc1ccc(CN(Cc2cccnc2)[C@H](c2cc3cc(C)ccc3[nH]c2=O)c2nnnn2C2CCCC2)cc1. The van der Waals surface area contributed by atoms with Gasteiger partial charge in [-0.25, -0.2) is 4.68 Å². The number of tetrazole rings is 1. The van der Waals surface area contributed by atoms with Crippen LogP contribution >= 0.6 is 0 Å². The molecule has 204 valence electrons. The Balaban J connectivity index is 1.52. The lowest BCUT2D eigenvalue weighted by molar-refractivity contribution is 0.190. The Morgan fingerprint density at radius 1 is 1.05 bits per heavy atom. The van der Waals surface area contributed by atoms with Crippen LogP contribution in [0.1, 0.15) is 65.8 Å². The van der Waals surface area contributed by atoms with Crippen LogP contribution in [0.2, 0.25) is 0 Å². The van der Waals surface area contributed by atoms with E-state index in [-0.39, 0.29) is 11.6 Å². The quantitative estimate of drug-likeness (QED) is 0.279. The van der Waals surface area contributed by atoms with E-state index in [4.69, 9.17) is 4.74 Å². The van der Waals surface area contributed by atoms with Gasteiger partial charge in [-0.2, -0.15) is 0 Å². The number of aryl methyl sites for hydroxylation is 1. The van der Waals surface area contributed by atoms with Gasteiger partial charge >= 0.3 is 0 Å². The van der Waals surface area contributed by atoms with Crippen LogP contribution in [0.4, 0.5) is 0 Å². The first-order valence-corrected chi connectivity index (χ1v) is 13.8. The van der Waals surface area contributed by atoms with Crippen LogP contribution < -0.4 is 10.3 Å². The van der Waals surface area contributed by atoms with Crippen molar-refractivity contribution >= 4 is 10.9 Å². The van der Waals surface area contributed by atoms with E-state index in [1.165, 1.54) is 0 Å². The molecule has 1 atom stereocenters. The molecule has 0 saturated heterocycles. The first-order valence-electron chi connectivity index (χ1n) is 13.8. The van der Waals surface area contributed by atoms with Crippen LogP contribution in [0.3, 0.4) is 0 Å². The Morgan fingerprint density at radius 2 is 1.85 bits per heavy atom. The minimum Gasteiger partial charge on any atom is -0.497 e. The summed E-state index contributed by atoms with van der Waals surface area (Å²) in [6.07, 6.45) is 7.99. The van der Waals surface area contributed by atoms with Crippen molar-refractivity contribution in [1.82, 2.24) is 35.1 Å². The second kappa shape index (κ2) is 11.4. The van der Waals surface area contributed by atoms with Gasteiger partial charge < -0.3 is 9.72 Å². The van der Waals surface area contributed by atoms with Crippen molar-refractivity contribution in [3.8, 4) is 5.75 Å². The van der Waals surface area contributed by atoms with Crippen molar-refractivity contribution in [1.29, 1.82) is 0 Å². The maximum absolute atomic E-state index is 13.8. The summed E-state index contributed by atoms with van der Waals surface area (Å²) in [6.45, 7) is 3.17. The van der Waals surface area contributed by atoms with Gasteiger partial charge in [-0.05, 0) is 83.1 Å². The number of hydrogen-bond donors (Lipinski definition) is 1. The summed E-state index contributed by atoms with van der Waals surface area (Å²) in [6, 6.07) is 19.8. The molecule has 5 aromatic rings. The van der Waals surface area contributed by atoms with Crippen molar-refractivity contribution in [2.75, 3.05) is 7.11 Å². The zero-order chi connectivity index (χ0) is 27.5. The van der Waals surface area contributed by atoms with E-state index in [9.17, 15) is 4.79 Å². The highest BCUT2D eigenvalue weighted by Gasteiger charge is 2.33. The Kier molecular flexibility index (Phi) is 7.37. The summed E-state index contributed by atoms with van der Waals surface area (Å²) in [5.74, 6) is 1.48. The highest BCUT2D eigenvalue weighted by molar-refractivity contribution is 5.79. The predicted molar refractivity (Wildman–Crippen MR) is 153 cm³/mol. The predicted octanol–water partition coefficient (Wildman–Crippen LogP) is 5.13. The number of benzene rings is 2. The zero-order valence-electron chi connectivity index (χ0n) is 22.8. The summed E-state index contributed by atoms with van der Waals surface area (Å²) >= 11 is 0. The number of ether oxygens (including phenoxy) is 1. The van der Waals surface area contributed by atoms with E-state index in [0.717, 1.165) is 59.0 Å². The van der Waals surface area contributed by atoms with E-state index >= 15 is 0 Å². The first kappa shape index (κ1) is 25.9. The molecule has 0 radical (unpaired) electrons. The number of methoxy groups -OCH3 is 1. The number of nitrogens with zero attached hydrogens (tertiary/aromatic N) is 6. The normalized spacial score (nSPS) is 14.7. The molecule has 0 aliphatic heterocycles. The zero-order valence-corrected chi connectivity index (χ0v) is 22.8. The molecule has 40 heavy (non-hydrogen) atoms. The van der Waals surface area contributed by atoms with Crippen molar-refractivity contribution in [3.05, 3.63) is 111 Å². The maximum Gasteiger partial charge on any atom is 0.253 e. The number of hydrogen-bond acceptors (Lipinski definition) is 7. The highest BCUT2D eigenvalue weighted by atomic mass is 16.5. The molecule has 0 bridgehead atoms. The fourth-order valence-corrected chi connectivity index (χ4v) is 5.76. The van der Waals surface area contributed by atoms with Crippen LogP contribution in [0.15, 0.2) is 77.9 Å². The molecule has 2 aromatic carbocycles. The van der Waals surface area contributed by atoms with Gasteiger partial charge in [-0.15, -0.1) is 5.10 Å². The Bertz CT molecular complexity index is 1640. The Morgan fingerprint density at radius 3 is 2.60 bits per heavy atom. The standard InChI is InChI=1S/C31H33N7O2/c1-21-9-14-28-24(16-21)17-27(31(39)33-28)29(30-34-35-36-38(30)25-7-3-4-8-25)37(20-23-6-5-15-32-18-23)19-22-10-12-26(40-2)13-11-22/h5-6,9-18,25,29H,3-4,7-8,19-20H2,1-2H3,(H,33,39)/t29-/m1/s1. The van der Waals surface area contributed by atoms with Crippen LogP contribution in [-0.2, 0) is 13.1 Å². The Hall–Kier alpha value is -4.37. The lowest BCUT2D eigenvalue weighted by Crippen LogP contribution is -2.35. The van der Waals surface area contributed by atoms with E-state index < -0.39 is 6.04 Å². The van der Waals surface area contributed by atoms with E-state index in [2.05, 4.69) is 61.6 Å². The average molecular weight is 536 g/mol. The molecule has 6 rings (SSSR count). The second-order valence-corrected chi connectivity index (χ2v) is 10.6. The van der Waals surface area contributed by atoms with Gasteiger partial charge in [0.25, 0.3) is 5.56 Å². The summed E-state index contributed by atoms with van der Waals surface area (Å²) in [4.78, 5) is 23.5. The molecular formula is C31H33N7O2. The highest BCUT2D eigenvalue weighted by Crippen LogP contribution is 2.35. The molecule has 3 heterocycles. The fourth-order valence-electron chi connectivity index (χ4n) is 5.76. The van der Waals surface area contributed by atoms with E-state index in [1.807, 2.05) is 47.3 Å². The lowest BCUT2D eigenvalue weighted by Gasteiger charge is -2.32. The fraction of sp³-hybridized carbons (Fsp3) is 0.323. The number of nitrogens with one attached hydrogen (secondary N) is 1. The summed E-state index contributed by atoms with van der Waals surface area (Å²) in [5.41, 5.74) is 4.53. The third-order valence-corrected chi connectivity index (χ3v) is 7.77. The van der Waals surface area contributed by atoms with Gasteiger partial charge in [-0.1, -0.05) is 42.7 Å². The van der Waals surface area contributed by atoms with E-state index in [1.54, 1.807) is 13.3 Å². The van der Waals surface area contributed by atoms with Gasteiger partial charge in [0.15, 0.2) is 5.82 Å². The van der Waals surface area contributed by atoms with Crippen molar-refractivity contribution in [2.45, 2.75) is 57.8 Å². The number of rotatable bonds is 9. The monoisotopic (exact) mass is 535 g/mol. The van der Waals surface area contributed by atoms with Crippen LogP contribution in [0.5, 0.6) is 5.75 Å². The minimum atomic E-state index is -0.494. The first-order chi connectivity index (χ1) is 19.6. The summed E-state index contributed by atoms with van der Waals surface area (Å²) < 4.78 is 7.35. The van der Waals surface area contributed by atoms with E-state index in [0.29, 0.717) is 24.5 Å². The van der Waals surface area contributed by atoms with Gasteiger partial charge in [0.1, 0.15) is 11.8 Å². The molecule has 1 N–H and O–H groups in total. The number of pyridine rings is 2. The van der Waals surface area contributed by atoms with Gasteiger partial charge in [0.05, 0.1) is 13.2 Å². The smallest absolute Gasteiger partial charge is 0.253 e. The second-order valence-electron chi connectivity index (χ2n) is 10.6. The minimum absolute atomic E-state index is 0.145. The van der Waals surface area contributed by atoms with Crippen molar-refractivity contribution < 1.29 is 4.74 Å². The number of aromatic nitrogens is 6. The Labute approximate surface area is 232 Å². The molecule has 0 amide bonds. The van der Waals surface area contributed by atoms with Crippen LogP contribution in [0, 0.1) is 6.92 Å². The topological polar surface area (TPSA) is 102 Å². The number of fused-ring (bicyclic) bond motifs is 1. The van der Waals surface area contributed by atoms with Gasteiger partial charge in [0.2, 0.25) is 0 Å². The molecule has 0 unspecified atom stereocenters. The van der Waals surface area contributed by atoms with Gasteiger partial charge in [0, 0.05) is 36.6 Å². The lowest BCUT2D eigenvalue weighted by atomic mass is 10.0. The summed E-state index contributed by atoms with van der Waals surface area (Å²) in [7, 11) is 1.66. The summed E-state index contributed by atoms with van der Waals surface area (Å²) in [5, 5.41) is 14.1. The van der Waals surface area contributed by atoms with Crippen molar-refractivity contribution in [3.63, 3.8) is 0 Å². The van der Waals surface area contributed by atoms with Gasteiger partial charge in [-0.3, -0.25) is 14.7 Å². The molecule has 3 aromatic heterocycles. The molecule has 1 saturated carbocycles. The molecule has 1 aliphatic rings. The third kappa shape index (κ3) is 5.37. The average Bonchev–Trinajstić information content (AvgIpc) is 3.67. The molecule has 0 spiro atoms. The molecule has 9 nitrogen and oxygen atoms in total. The maximum atomic E-state index is 13.8. The van der Waals surface area contributed by atoms with Crippen LogP contribution in [-0.4, -0.2) is 42.2 Å². The molecule has 1 aliphatic carbocycles. The number of aromatic amines is 1. The number of H-pyrrole nitrogens is 1. The third-order valence-electron chi connectivity index (χ3n) is 7.77. The van der Waals surface area contributed by atoms with Crippen LogP contribution in [0.25, 0.3) is 10.9 Å². The van der Waals surface area contributed by atoms with Crippen molar-refractivity contribution in [2.24, 2.45) is 0 Å². The molecule has 1 fully saturated rings. The molecular weight excluding hydrogens is 502 g/mol. The molecule has 9 heteroatoms. The largest absolute Gasteiger partial charge is 0.497 e.